The zero-order chi connectivity index (χ0) is 34.7. The predicted molar refractivity (Wildman–Crippen MR) is 193 cm³/mol. The highest BCUT2D eigenvalue weighted by Crippen LogP contribution is 2.50. The van der Waals surface area contributed by atoms with Gasteiger partial charge in [-0.1, -0.05) is 18.2 Å². The van der Waals surface area contributed by atoms with E-state index in [1.54, 1.807) is 45.2 Å². The van der Waals surface area contributed by atoms with E-state index in [2.05, 4.69) is 15.6 Å². The molecule has 3 unspecified atom stereocenters. The first-order valence-corrected chi connectivity index (χ1v) is 17.9. The van der Waals surface area contributed by atoms with Gasteiger partial charge in [0.1, 0.15) is 11.9 Å². The number of hydrogen-bond acceptors (Lipinski definition) is 9. The van der Waals surface area contributed by atoms with Crippen molar-refractivity contribution >= 4 is 40.3 Å². The number of amides is 2. The zero-order valence-corrected chi connectivity index (χ0v) is 29.4. The van der Waals surface area contributed by atoms with Gasteiger partial charge in [0.05, 0.1) is 50.1 Å². The third kappa shape index (κ3) is 6.79. The van der Waals surface area contributed by atoms with Gasteiger partial charge in [-0.05, 0) is 91.1 Å². The average molecular weight is 686 g/mol. The Hall–Kier alpha value is -4.71. The molecular formula is C37H43N5O6S. The average Bonchev–Trinajstić information content (AvgIpc) is 3.70. The molecule has 4 aromatic rings. The quantitative estimate of drug-likeness (QED) is 0.184. The highest BCUT2D eigenvalue weighted by Gasteiger charge is 2.36. The minimum Gasteiger partial charge on any atom is -0.493 e. The van der Waals surface area contributed by atoms with Crippen LogP contribution >= 0.6 is 11.8 Å². The van der Waals surface area contributed by atoms with E-state index in [0.29, 0.717) is 54.3 Å². The molecule has 6 rings (SSSR count). The normalized spacial score (nSPS) is 17.4. The Morgan fingerprint density at radius 3 is 2.57 bits per heavy atom. The first-order chi connectivity index (χ1) is 23.8. The number of imidazole rings is 1. The van der Waals surface area contributed by atoms with Crippen LogP contribution in [0.15, 0.2) is 53.3 Å². The largest absolute Gasteiger partial charge is 0.493 e. The Labute approximate surface area is 290 Å². The number of rotatable bonds is 11. The lowest BCUT2D eigenvalue weighted by Gasteiger charge is -2.28. The molecule has 0 spiro atoms. The molecular weight excluding hydrogens is 643 g/mol. The van der Waals surface area contributed by atoms with Crippen LogP contribution in [0.1, 0.15) is 61.6 Å². The molecule has 1 aromatic heterocycles. The molecule has 2 amide bonds. The third-order valence-electron chi connectivity index (χ3n) is 9.41. The molecule has 1 fully saturated rings. The van der Waals surface area contributed by atoms with E-state index < -0.39 is 12.1 Å². The molecule has 12 heteroatoms. The molecule has 0 bridgehead atoms. The minimum atomic E-state index is -0.635. The molecule has 3 atom stereocenters. The van der Waals surface area contributed by atoms with E-state index in [0.717, 1.165) is 52.1 Å². The van der Waals surface area contributed by atoms with Crippen molar-refractivity contribution in [2.75, 3.05) is 45.2 Å². The highest BCUT2D eigenvalue weighted by atomic mass is 32.2. The first-order valence-electron chi connectivity index (χ1n) is 16.6. The van der Waals surface area contributed by atoms with Gasteiger partial charge >= 0.3 is 0 Å². The second-order valence-corrected chi connectivity index (χ2v) is 13.4. The van der Waals surface area contributed by atoms with Gasteiger partial charge in [-0.3, -0.25) is 14.4 Å². The molecule has 2 aliphatic rings. The van der Waals surface area contributed by atoms with Gasteiger partial charge in [0.2, 0.25) is 23.0 Å². The Morgan fingerprint density at radius 1 is 1.06 bits per heavy atom. The maximum Gasteiger partial charge on any atom is 0.245 e. The Bertz CT molecular complexity index is 1900. The maximum atomic E-state index is 14.3. The fourth-order valence-corrected chi connectivity index (χ4v) is 7.62. The fourth-order valence-electron chi connectivity index (χ4n) is 7.15. The van der Waals surface area contributed by atoms with Crippen LogP contribution in [0.2, 0.25) is 0 Å². The van der Waals surface area contributed by atoms with Crippen LogP contribution in [0, 0.1) is 0 Å². The van der Waals surface area contributed by atoms with Crippen LogP contribution in [-0.2, 0) is 16.0 Å². The number of H-pyrrole nitrogens is 1. The number of thioether (sulfide) groups is 1. The van der Waals surface area contributed by atoms with Gasteiger partial charge in [0.15, 0.2) is 11.5 Å². The lowest BCUT2D eigenvalue weighted by atomic mass is 9.95. The lowest BCUT2D eigenvalue weighted by molar-refractivity contribution is -0.133. The van der Waals surface area contributed by atoms with E-state index >= 15 is 0 Å². The van der Waals surface area contributed by atoms with Crippen molar-refractivity contribution in [1.29, 1.82) is 0 Å². The van der Waals surface area contributed by atoms with Gasteiger partial charge in [0.25, 0.3) is 0 Å². The Kier molecular flexibility index (Phi) is 10.3. The summed E-state index contributed by atoms with van der Waals surface area (Å²) in [4.78, 5) is 50.9. The monoisotopic (exact) mass is 685 g/mol. The smallest absolute Gasteiger partial charge is 0.245 e. The van der Waals surface area contributed by atoms with E-state index in [9.17, 15) is 14.4 Å². The molecule has 1 aliphatic heterocycles. The van der Waals surface area contributed by atoms with Gasteiger partial charge in [-0.25, -0.2) is 4.98 Å². The fraction of sp³-hybridized carbons (Fsp3) is 0.405. The number of carbonyl (C=O) groups excluding carboxylic acids is 2. The van der Waals surface area contributed by atoms with Crippen molar-refractivity contribution in [3.63, 3.8) is 0 Å². The van der Waals surface area contributed by atoms with Crippen LogP contribution in [0.5, 0.6) is 17.2 Å². The molecule has 3 N–H and O–H groups in total. The number of aromatic nitrogens is 2. The second-order valence-electron chi connectivity index (χ2n) is 12.4. The molecule has 3 aromatic carbocycles. The van der Waals surface area contributed by atoms with Crippen molar-refractivity contribution < 1.29 is 23.8 Å². The molecule has 1 aliphatic carbocycles. The summed E-state index contributed by atoms with van der Waals surface area (Å²) in [5, 5.41) is 6.40. The molecule has 258 valence electrons. The summed E-state index contributed by atoms with van der Waals surface area (Å²) in [6.45, 7) is 2.08. The number of aromatic amines is 1. The molecule has 11 nitrogen and oxygen atoms in total. The second kappa shape index (κ2) is 14.8. The summed E-state index contributed by atoms with van der Waals surface area (Å²) in [5.41, 5.74) is 4.92. The molecule has 0 saturated carbocycles. The van der Waals surface area contributed by atoms with Crippen LogP contribution in [0.3, 0.4) is 0 Å². The maximum absolute atomic E-state index is 14.3. The number of aryl methyl sites for hydroxylation is 1. The van der Waals surface area contributed by atoms with E-state index in [1.165, 1.54) is 6.92 Å². The number of methoxy groups -OCH3 is 3. The third-order valence-corrected chi connectivity index (χ3v) is 10.1. The SMILES string of the molecule is COc1cc2c(c(OC)c1OC)-c1ccc(NC(CCSC)C(=O)N3CCCC3c3nc4ccccc4[nH]3)c(=O)cc1C(NC(C)=O)CC2. The molecule has 49 heavy (non-hydrogen) atoms. The van der Waals surface area contributed by atoms with Crippen molar-refractivity contribution in [2.24, 2.45) is 0 Å². The van der Waals surface area contributed by atoms with E-state index in [4.69, 9.17) is 19.2 Å². The standard InChI is InChI=1S/C37H43N5O6S/c1-21(43)38-25-14-12-22-19-32(46-2)34(47-3)35(48-4)33(22)23-13-15-28(31(44)20-24(23)25)39-29(16-18-49-5)37(45)42-17-8-11-30(42)36-40-26-9-6-7-10-27(26)41-36/h6-7,9-10,13,15,19-20,25,29-30H,8,11-12,14,16-18H2,1-5H3,(H,38,43)(H,39,44)(H,40,41). The number of para-hydroxylation sites is 2. The number of benzene rings is 2. The van der Waals surface area contributed by atoms with Gasteiger partial charge in [0, 0.05) is 19.0 Å². The molecule has 0 radical (unpaired) electrons. The number of hydrogen-bond donors (Lipinski definition) is 3. The summed E-state index contributed by atoms with van der Waals surface area (Å²) in [6.07, 6.45) is 5.36. The molecule has 1 saturated heterocycles. The first kappa shape index (κ1) is 34.2. The number of ether oxygens (including phenoxy) is 3. The van der Waals surface area contributed by atoms with Crippen LogP contribution in [-0.4, -0.2) is 72.6 Å². The van der Waals surface area contributed by atoms with Gasteiger partial charge < -0.3 is 34.7 Å². The lowest BCUT2D eigenvalue weighted by Crippen LogP contribution is -2.43. The van der Waals surface area contributed by atoms with E-state index in [-0.39, 0.29) is 23.3 Å². The number of fused-ring (bicyclic) bond motifs is 4. The van der Waals surface area contributed by atoms with Crippen molar-refractivity contribution in [1.82, 2.24) is 20.2 Å². The topological polar surface area (TPSA) is 135 Å². The molecule has 2 heterocycles. The summed E-state index contributed by atoms with van der Waals surface area (Å²) in [6, 6.07) is 13.7. The van der Waals surface area contributed by atoms with Crippen molar-refractivity contribution in [3.05, 3.63) is 75.7 Å². The number of likely N-dealkylation sites (tertiary alicyclic amines) is 1. The Balaban J connectivity index is 1.41. The summed E-state index contributed by atoms with van der Waals surface area (Å²) in [5.74, 6) is 2.69. The minimum absolute atomic E-state index is 0.0653. The highest BCUT2D eigenvalue weighted by molar-refractivity contribution is 7.98. The van der Waals surface area contributed by atoms with Crippen LogP contribution in [0.25, 0.3) is 22.2 Å². The number of nitrogens with one attached hydrogen (secondary N) is 3. The zero-order valence-electron chi connectivity index (χ0n) is 28.6. The predicted octanol–water partition coefficient (Wildman–Crippen LogP) is 5.64. The number of anilines is 1. The van der Waals surface area contributed by atoms with Crippen LogP contribution < -0.4 is 30.3 Å². The van der Waals surface area contributed by atoms with Crippen molar-refractivity contribution in [3.8, 4) is 28.4 Å². The summed E-state index contributed by atoms with van der Waals surface area (Å²) in [7, 11) is 4.70. The van der Waals surface area contributed by atoms with Crippen molar-refractivity contribution in [2.45, 2.75) is 57.2 Å². The van der Waals surface area contributed by atoms with Crippen LogP contribution in [0.4, 0.5) is 5.69 Å². The van der Waals surface area contributed by atoms with E-state index in [1.807, 2.05) is 47.6 Å². The summed E-state index contributed by atoms with van der Waals surface area (Å²) < 4.78 is 17.3. The number of nitrogens with zero attached hydrogens (tertiary/aromatic N) is 2. The van der Waals surface area contributed by atoms with Gasteiger partial charge in [-0.2, -0.15) is 11.8 Å². The summed E-state index contributed by atoms with van der Waals surface area (Å²) >= 11 is 1.65. The number of carbonyl (C=O) groups is 2. The Morgan fingerprint density at radius 2 is 1.86 bits per heavy atom. The van der Waals surface area contributed by atoms with Gasteiger partial charge in [-0.15, -0.1) is 0 Å².